The predicted molar refractivity (Wildman–Crippen MR) is 130 cm³/mol. The average Bonchev–Trinajstić information content (AvgIpc) is 2.83. The number of rotatable bonds is 7. The molecule has 0 aliphatic carbocycles. The van der Waals surface area contributed by atoms with Gasteiger partial charge < -0.3 is 20.4 Å². The van der Waals surface area contributed by atoms with Gasteiger partial charge in [-0.3, -0.25) is 4.79 Å². The van der Waals surface area contributed by atoms with E-state index >= 15 is 0 Å². The summed E-state index contributed by atoms with van der Waals surface area (Å²) in [4.78, 5) is 17.4. The molecule has 2 N–H and O–H groups in total. The van der Waals surface area contributed by atoms with Gasteiger partial charge in [-0.2, -0.15) is 0 Å². The zero-order chi connectivity index (χ0) is 21.6. The van der Waals surface area contributed by atoms with Crippen molar-refractivity contribution in [2.75, 3.05) is 49.5 Å². The van der Waals surface area contributed by atoms with Crippen molar-refractivity contribution in [3.63, 3.8) is 0 Å². The molecular weight excluding hydrogens is 384 g/mol. The second-order valence-electron chi connectivity index (χ2n) is 8.19. The molecule has 3 aromatic carbocycles. The van der Waals surface area contributed by atoms with E-state index in [1.807, 2.05) is 18.2 Å². The molecule has 0 bridgehead atoms. The highest BCUT2D eigenvalue weighted by Gasteiger charge is 2.16. The molecule has 1 atom stereocenters. The normalized spacial score (nSPS) is 15.7. The van der Waals surface area contributed by atoms with Crippen LogP contribution in [0.4, 0.5) is 11.4 Å². The maximum absolute atomic E-state index is 12.5. The van der Waals surface area contributed by atoms with Gasteiger partial charge in [0, 0.05) is 43.6 Å². The number of carbonyl (C=O) groups is 1. The minimum Gasteiger partial charge on any atom is -0.369 e. The Bertz CT molecular complexity index is 1000. The number of fused-ring (bicyclic) bond motifs is 1. The fourth-order valence-corrected chi connectivity index (χ4v) is 4.27. The van der Waals surface area contributed by atoms with E-state index in [0.29, 0.717) is 0 Å². The van der Waals surface area contributed by atoms with Crippen LogP contribution in [0.2, 0.25) is 0 Å². The van der Waals surface area contributed by atoms with Crippen LogP contribution < -0.4 is 15.5 Å². The topological polar surface area (TPSA) is 47.6 Å². The maximum atomic E-state index is 12.5. The van der Waals surface area contributed by atoms with Crippen LogP contribution in [-0.2, 0) is 4.79 Å². The summed E-state index contributed by atoms with van der Waals surface area (Å²) in [7, 11) is 0. The summed E-state index contributed by atoms with van der Waals surface area (Å²) >= 11 is 0. The molecule has 0 radical (unpaired) electrons. The number of anilines is 2. The average molecular weight is 417 g/mol. The standard InChI is InChI=1S/C26H32N4O/c1-3-29-15-17-30(18-16-29)23-13-11-22(12-14-23)28-26(31)19-27-20(2)24-10-6-8-21-7-4-5-9-25(21)24/h4-14,20,27H,3,15-19H2,1-2H3,(H,28,31)/t20-/m1/s1. The van der Waals surface area contributed by atoms with Crippen LogP contribution in [0.25, 0.3) is 10.8 Å². The molecule has 162 valence electrons. The molecule has 1 aliphatic heterocycles. The van der Waals surface area contributed by atoms with E-state index in [1.54, 1.807) is 0 Å². The minimum atomic E-state index is -0.0311. The molecular formula is C26H32N4O. The predicted octanol–water partition coefficient (Wildman–Crippen LogP) is 4.27. The molecule has 0 spiro atoms. The molecule has 1 fully saturated rings. The molecule has 1 heterocycles. The van der Waals surface area contributed by atoms with Crippen molar-refractivity contribution in [1.82, 2.24) is 10.2 Å². The number of nitrogens with one attached hydrogen (secondary N) is 2. The number of piperazine rings is 1. The quantitative estimate of drug-likeness (QED) is 0.604. The van der Waals surface area contributed by atoms with Crippen LogP contribution in [0.1, 0.15) is 25.5 Å². The Morgan fingerprint density at radius 1 is 0.935 bits per heavy atom. The lowest BCUT2D eigenvalue weighted by atomic mass is 10.00. The van der Waals surface area contributed by atoms with Crippen molar-refractivity contribution in [1.29, 1.82) is 0 Å². The van der Waals surface area contributed by atoms with Gasteiger partial charge in [-0.1, -0.05) is 49.4 Å². The Morgan fingerprint density at radius 2 is 1.65 bits per heavy atom. The Morgan fingerprint density at radius 3 is 2.39 bits per heavy atom. The molecule has 0 unspecified atom stereocenters. The van der Waals surface area contributed by atoms with Crippen molar-refractivity contribution in [2.45, 2.75) is 19.9 Å². The highest BCUT2D eigenvalue weighted by molar-refractivity contribution is 5.92. The fourth-order valence-electron chi connectivity index (χ4n) is 4.27. The maximum Gasteiger partial charge on any atom is 0.238 e. The molecule has 0 aromatic heterocycles. The van der Waals surface area contributed by atoms with Crippen LogP contribution in [0, 0.1) is 0 Å². The molecule has 1 saturated heterocycles. The van der Waals surface area contributed by atoms with Gasteiger partial charge >= 0.3 is 0 Å². The van der Waals surface area contributed by atoms with E-state index in [-0.39, 0.29) is 18.5 Å². The van der Waals surface area contributed by atoms with Crippen molar-refractivity contribution in [3.05, 3.63) is 72.3 Å². The van der Waals surface area contributed by atoms with Crippen LogP contribution in [0.5, 0.6) is 0 Å². The van der Waals surface area contributed by atoms with E-state index in [9.17, 15) is 4.79 Å². The van der Waals surface area contributed by atoms with Gasteiger partial charge in [-0.05, 0) is 54.1 Å². The summed E-state index contributed by atoms with van der Waals surface area (Å²) in [5, 5.41) is 8.80. The first kappa shape index (κ1) is 21.3. The van der Waals surface area contributed by atoms with Crippen molar-refractivity contribution in [3.8, 4) is 0 Å². The molecule has 31 heavy (non-hydrogen) atoms. The zero-order valence-electron chi connectivity index (χ0n) is 18.5. The van der Waals surface area contributed by atoms with Crippen LogP contribution in [-0.4, -0.2) is 50.1 Å². The summed E-state index contributed by atoms with van der Waals surface area (Å²) in [6, 6.07) is 22.9. The second kappa shape index (κ2) is 9.94. The summed E-state index contributed by atoms with van der Waals surface area (Å²) in [5.74, 6) is -0.0311. The number of carbonyl (C=O) groups excluding carboxylic acids is 1. The lowest BCUT2D eigenvalue weighted by Crippen LogP contribution is -2.46. The van der Waals surface area contributed by atoms with E-state index in [1.165, 1.54) is 22.0 Å². The highest BCUT2D eigenvalue weighted by atomic mass is 16.1. The summed E-state index contributed by atoms with van der Waals surface area (Å²) in [6.45, 7) is 10.0. The summed E-state index contributed by atoms with van der Waals surface area (Å²) < 4.78 is 0. The molecule has 5 nitrogen and oxygen atoms in total. The van der Waals surface area contributed by atoms with Gasteiger partial charge in [0.05, 0.1) is 6.54 Å². The van der Waals surface area contributed by atoms with E-state index in [2.05, 4.69) is 82.8 Å². The monoisotopic (exact) mass is 416 g/mol. The lowest BCUT2D eigenvalue weighted by Gasteiger charge is -2.35. The van der Waals surface area contributed by atoms with Crippen LogP contribution >= 0.6 is 0 Å². The van der Waals surface area contributed by atoms with E-state index in [0.717, 1.165) is 38.4 Å². The number of benzene rings is 3. The summed E-state index contributed by atoms with van der Waals surface area (Å²) in [5.41, 5.74) is 3.26. The summed E-state index contributed by atoms with van der Waals surface area (Å²) in [6.07, 6.45) is 0. The smallest absolute Gasteiger partial charge is 0.238 e. The molecule has 5 heteroatoms. The SMILES string of the molecule is CCN1CCN(c2ccc(NC(=O)CN[C@H](C)c3cccc4ccccc34)cc2)CC1. The lowest BCUT2D eigenvalue weighted by molar-refractivity contribution is -0.115. The van der Waals surface area contributed by atoms with Gasteiger partial charge in [-0.25, -0.2) is 0 Å². The first-order valence-corrected chi connectivity index (χ1v) is 11.2. The van der Waals surface area contributed by atoms with Gasteiger partial charge in [0.2, 0.25) is 5.91 Å². The number of amides is 1. The highest BCUT2D eigenvalue weighted by Crippen LogP contribution is 2.24. The third kappa shape index (κ3) is 5.24. The van der Waals surface area contributed by atoms with E-state index < -0.39 is 0 Å². The van der Waals surface area contributed by atoms with Gasteiger partial charge in [0.15, 0.2) is 0 Å². The number of likely N-dealkylation sites (N-methyl/N-ethyl adjacent to an activating group) is 1. The zero-order valence-corrected chi connectivity index (χ0v) is 18.5. The largest absolute Gasteiger partial charge is 0.369 e. The first-order valence-electron chi connectivity index (χ1n) is 11.2. The Kier molecular flexibility index (Phi) is 6.85. The second-order valence-corrected chi connectivity index (χ2v) is 8.19. The molecule has 0 saturated carbocycles. The first-order chi connectivity index (χ1) is 15.1. The Balaban J connectivity index is 1.30. The van der Waals surface area contributed by atoms with Crippen molar-refractivity contribution >= 4 is 28.1 Å². The number of hydrogen-bond donors (Lipinski definition) is 2. The molecule has 4 rings (SSSR count). The van der Waals surface area contributed by atoms with Crippen molar-refractivity contribution < 1.29 is 4.79 Å². The third-order valence-corrected chi connectivity index (χ3v) is 6.19. The minimum absolute atomic E-state index is 0.0311. The number of nitrogens with zero attached hydrogens (tertiary/aromatic N) is 2. The van der Waals surface area contributed by atoms with Gasteiger partial charge in [0.25, 0.3) is 0 Å². The Labute approximate surface area is 185 Å². The van der Waals surface area contributed by atoms with Gasteiger partial charge in [-0.15, -0.1) is 0 Å². The van der Waals surface area contributed by atoms with Crippen LogP contribution in [0.15, 0.2) is 66.7 Å². The molecule has 1 amide bonds. The van der Waals surface area contributed by atoms with E-state index in [4.69, 9.17) is 0 Å². The van der Waals surface area contributed by atoms with Crippen molar-refractivity contribution in [2.24, 2.45) is 0 Å². The number of hydrogen-bond acceptors (Lipinski definition) is 4. The molecule has 3 aromatic rings. The molecule has 1 aliphatic rings. The third-order valence-electron chi connectivity index (χ3n) is 6.19. The van der Waals surface area contributed by atoms with Gasteiger partial charge in [0.1, 0.15) is 0 Å². The Hall–Kier alpha value is -2.89. The van der Waals surface area contributed by atoms with Crippen LogP contribution in [0.3, 0.4) is 0 Å². The fraction of sp³-hybridized carbons (Fsp3) is 0.346.